The maximum absolute atomic E-state index is 10.5. The minimum Gasteiger partial charge on any atom is -0.480 e. The normalized spacial score (nSPS) is 12.4. The van der Waals surface area contributed by atoms with Crippen LogP contribution in [0.15, 0.2) is 18.2 Å². The lowest BCUT2D eigenvalue weighted by atomic mass is 10.0. The Morgan fingerprint density at radius 1 is 1.50 bits per heavy atom. The zero-order chi connectivity index (χ0) is 12.1. The van der Waals surface area contributed by atoms with Gasteiger partial charge in [-0.1, -0.05) is 12.1 Å². The highest BCUT2D eigenvalue weighted by atomic mass is 16.4. The second-order valence-corrected chi connectivity index (χ2v) is 4.04. The number of carbonyl (C=O) groups is 1. The SMILES string of the molecule is Cc1ccc(CCCC(N)C(=O)O)c(N)c1. The largest absolute Gasteiger partial charge is 0.480 e. The van der Waals surface area contributed by atoms with Crippen molar-refractivity contribution in [3.8, 4) is 0 Å². The van der Waals surface area contributed by atoms with E-state index >= 15 is 0 Å². The van der Waals surface area contributed by atoms with Crippen LogP contribution in [0.4, 0.5) is 5.69 Å². The summed E-state index contributed by atoms with van der Waals surface area (Å²) in [5, 5.41) is 8.62. The highest BCUT2D eigenvalue weighted by Gasteiger charge is 2.10. The van der Waals surface area contributed by atoms with Gasteiger partial charge in [0.2, 0.25) is 0 Å². The molecule has 0 bridgehead atoms. The molecule has 0 aliphatic rings. The fraction of sp³-hybridized carbons (Fsp3) is 0.417. The van der Waals surface area contributed by atoms with Gasteiger partial charge >= 0.3 is 5.97 Å². The summed E-state index contributed by atoms with van der Waals surface area (Å²) in [7, 11) is 0. The van der Waals surface area contributed by atoms with E-state index in [4.69, 9.17) is 16.6 Å². The van der Waals surface area contributed by atoms with E-state index in [1.54, 1.807) is 0 Å². The van der Waals surface area contributed by atoms with Gasteiger partial charge in [-0.25, -0.2) is 0 Å². The van der Waals surface area contributed by atoms with Gasteiger partial charge in [-0.15, -0.1) is 0 Å². The van der Waals surface area contributed by atoms with Crippen LogP contribution in [0.2, 0.25) is 0 Å². The summed E-state index contributed by atoms with van der Waals surface area (Å²) in [6.07, 6.45) is 1.98. The van der Waals surface area contributed by atoms with E-state index in [1.807, 2.05) is 25.1 Å². The third kappa shape index (κ3) is 3.55. The Balaban J connectivity index is 2.46. The molecule has 16 heavy (non-hydrogen) atoms. The Morgan fingerprint density at radius 3 is 2.75 bits per heavy atom. The first-order chi connectivity index (χ1) is 7.50. The van der Waals surface area contributed by atoms with Crippen LogP contribution in [0.1, 0.15) is 24.0 Å². The van der Waals surface area contributed by atoms with Crippen LogP contribution < -0.4 is 11.5 Å². The van der Waals surface area contributed by atoms with Crippen molar-refractivity contribution in [3.05, 3.63) is 29.3 Å². The van der Waals surface area contributed by atoms with Crippen molar-refractivity contribution in [2.45, 2.75) is 32.2 Å². The number of rotatable bonds is 5. The van der Waals surface area contributed by atoms with Crippen molar-refractivity contribution in [1.29, 1.82) is 0 Å². The van der Waals surface area contributed by atoms with Gasteiger partial charge < -0.3 is 16.6 Å². The van der Waals surface area contributed by atoms with Crippen molar-refractivity contribution in [3.63, 3.8) is 0 Å². The molecule has 1 rings (SSSR count). The number of anilines is 1. The third-order valence-corrected chi connectivity index (χ3v) is 2.58. The van der Waals surface area contributed by atoms with Crippen LogP contribution in [0, 0.1) is 6.92 Å². The second-order valence-electron chi connectivity index (χ2n) is 4.04. The number of carboxylic acids is 1. The zero-order valence-corrected chi connectivity index (χ0v) is 9.44. The average Bonchev–Trinajstić information content (AvgIpc) is 2.20. The summed E-state index contributed by atoms with van der Waals surface area (Å²) < 4.78 is 0. The van der Waals surface area contributed by atoms with Gasteiger partial charge in [0.25, 0.3) is 0 Å². The molecule has 1 unspecified atom stereocenters. The quantitative estimate of drug-likeness (QED) is 0.655. The molecular formula is C12H18N2O2. The zero-order valence-electron chi connectivity index (χ0n) is 9.44. The van der Waals surface area contributed by atoms with E-state index in [2.05, 4.69) is 0 Å². The van der Waals surface area contributed by atoms with Crippen molar-refractivity contribution in [2.24, 2.45) is 5.73 Å². The summed E-state index contributed by atoms with van der Waals surface area (Å²) in [5.41, 5.74) is 14.2. The second kappa shape index (κ2) is 5.51. The molecule has 0 aliphatic carbocycles. The fourth-order valence-electron chi connectivity index (χ4n) is 1.58. The van der Waals surface area contributed by atoms with Gasteiger partial charge in [-0.05, 0) is 43.4 Å². The number of hydrogen-bond donors (Lipinski definition) is 3. The Bertz CT molecular complexity index is 377. The number of nitrogens with two attached hydrogens (primary N) is 2. The Morgan fingerprint density at radius 2 is 2.19 bits per heavy atom. The van der Waals surface area contributed by atoms with E-state index in [0.717, 1.165) is 29.7 Å². The molecule has 1 aromatic carbocycles. The van der Waals surface area contributed by atoms with E-state index in [-0.39, 0.29) is 0 Å². The van der Waals surface area contributed by atoms with Gasteiger partial charge in [-0.3, -0.25) is 4.79 Å². The summed E-state index contributed by atoms with van der Waals surface area (Å²) in [6.45, 7) is 1.99. The maximum Gasteiger partial charge on any atom is 0.320 e. The molecule has 88 valence electrons. The molecule has 4 heteroatoms. The van der Waals surface area contributed by atoms with Crippen LogP contribution in [0.3, 0.4) is 0 Å². The van der Waals surface area contributed by atoms with E-state index in [0.29, 0.717) is 6.42 Å². The number of nitrogen functional groups attached to an aromatic ring is 1. The molecule has 4 nitrogen and oxygen atoms in total. The molecule has 1 atom stereocenters. The van der Waals surface area contributed by atoms with E-state index in [1.165, 1.54) is 0 Å². The van der Waals surface area contributed by atoms with Crippen LogP contribution in [0.5, 0.6) is 0 Å². The molecule has 0 amide bonds. The van der Waals surface area contributed by atoms with Gasteiger partial charge in [0.15, 0.2) is 0 Å². The summed E-state index contributed by atoms with van der Waals surface area (Å²) >= 11 is 0. The first kappa shape index (κ1) is 12.5. The molecule has 0 saturated heterocycles. The minimum absolute atomic E-state index is 0.475. The average molecular weight is 222 g/mol. The van der Waals surface area contributed by atoms with Crippen molar-refractivity contribution < 1.29 is 9.90 Å². The molecule has 0 spiro atoms. The molecule has 0 aliphatic heterocycles. The summed E-state index contributed by atoms with van der Waals surface area (Å²) in [6, 6.07) is 5.14. The first-order valence-electron chi connectivity index (χ1n) is 5.34. The predicted molar refractivity (Wildman–Crippen MR) is 64.1 cm³/mol. The predicted octanol–water partition coefficient (Wildman–Crippen LogP) is 1.31. The lowest BCUT2D eigenvalue weighted by Gasteiger charge is -2.08. The highest BCUT2D eigenvalue weighted by Crippen LogP contribution is 2.16. The molecule has 0 fully saturated rings. The third-order valence-electron chi connectivity index (χ3n) is 2.58. The van der Waals surface area contributed by atoms with Gasteiger partial charge in [-0.2, -0.15) is 0 Å². The number of aliphatic carboxylic acids is 1. The topological polar surface area (TPSA) is 89.3 Å². The summed E-state index contributed by atoms with van der Waals surface area (Å²) in [5.74, 6) is -0.947. The number of aryl methyl sites for hydroxylation is 2. The molecule has 0 saturated carbocycles. The van der Waals surface area contributed by atoms with Crippen molar-refractivity contribution in [2.75, 3.05) is 5.73 Å². The number of hydrogen-bond acceptors (Lipinski definition) is 3. The lowest BCUT2D eigenvalue weighted by molar-refractivity contribution is -0.138. The molecule has 0 heterocycles. The van der Waals surface area contributed by atoms with Gasteiger partial charge in [0.1, 0.15) is 6.04 Å². The standard InChI is InChI=1S/C12H18N2O2/c1-8-5-6-9(11(14)7-8)3-2-4-10(13)12(15)16/h5-7,10H,2-4,13-14H2,1H3,(H,15,16). The van der Waals surface area contributed by atoms with Crippen molar-refractivity contribution >= 4 is 11.7 Å². The van der Waals surface area contributed by atoms with E-state index < -0.39 is 12.0 Å². The number of benzene rings is 1. The Kier molecular flexibility index (Phi) is 4.31. The van der Waals surface area contributed by atoms with Crippen LogP contribution >= 0.6 is 0 Å². The van der Waals surface area contributed by atoms with Crippen LogP contribution in [0.25, 0.3) is 0 Å². The monoisotopic (exact) mass is 222 g/mol. The highest BCUT2D eigenvalue weighted by molar-refractivity contribution is 5.72. The maximum atomic E-state index is 10.5. The molecule has 1 aromatic rings. The Hall–Kier alpha value is -1.55. The molecular weight excluding hydrogens is 204 g/mol. The first-order valence-corrected chi connectivity index (χ1v) is 5.34. The van der Waals surface area contributed by atoms with Crippen molar-refractivity contribution in [1.82, 2.24) is 0 Å². The minimum atomic E-state index is -0.947. The molecule has 0 aromatic heterocycles. The van der Waals surface area contributed by atoms with Crippen LogP contribution in [-0.4, -0.2) is 17.1 Å². The van der Waals surface area contributed by atoms with Crippen LogP contribution in [-0.2, 0) is 11.2 Å². The van der Waals surface area contributed by atoms with Gasteiger partial charge in [0, 0.05) is 5.69 Å². The Labute approximate surface area is 95.3 Å². The lowest BCUT2D eigenvalue weighted by Crippen LogP contribution is -2.29. The summed E-state index contributed by atoms with van der Waals surface area (Å²) in [4.78, 5) is 10.5. The van der Waals surface area contributed by atoms with E-state index in [9.17, 15) is 4.79 Å². The molecule has 0 radical (unpaired) electrons. The van der Waals surface area contributed by atoms with Gasteiger partial charge in [0.05, 0.1) is 0 Å². The smallest absolute Gasteiger partial charge is 0.320 e. The molecule has 5 N–H and O–H groups in total. The fourth-order valence-corrected chi connectivity index (χ4v) is 1.58. The number of carboxylic acid groups (broad SMARTS) is 1.